The lowest BCUT2D eigenvalue weighted by Crippen LogP contribution is -2.61. The van der Waals surface area contributed by atoms with Crippen LogP contribution < -0.4 is 4.74 Å². The van der Waals surface area contributed by atoms with Gasteiger partial charge < -0.3 is 14.5 Å². The van der Waals surface area contributed by atoms with Crippen molar-refractivity contribution in [3.8, 4) is 5.75 Å². The summed E-state index contributed by atoms with van der Waals surface area (Å²) in [5.41, 5.74) is 0.655. The largest absolute Gasteiger partial charge is 0.435 e. The Kier molecular flexibility index (Phi) is 4.19. The van der Waals surface area contributed by atoms with E-state index >= 15 is 0 Å². The standard InChI is InChI=1S/C16H18F2N2O3/c1-10-14(21)19-7-3-6-13(19)15(22)20(10)9-11-4-2-5-12(8-11)23-16(17)18/h2,4-5,8,10,13,16H,3,6-7,9H2,1H3/t10-,13-/m0/s1. The molecule has 2 atom stereocenters. The summed E-state index contributed by atoms with van der Waals surface area (Å²) in [5, 5.41) is 0. The molecule has 124 valence electrons. The Morgan fingerprint density at radius 3 is 2.83 bits per heavy atom. The lowest BCUT2D eigenvalue weighted by molar-refractivity contribution is -0.159. The number of nitrogens with zero attached hydrogens (tertiary/aromatic N) is 2. The number of hydrogen-bond donors (Lipinski definition) is 0. The second kappa shape index (κ2) is 6.14. The number of carbonyl (C=O) groups excluding carboxylic acids is 2. The highest BCUT2D eigenvalue weighted by Gasteiger charge is 2.45. The van der Waals surface area contributed by atoms with Crippen molar-refractivity contribution >= 4 is 11.8 Å². The third kappa shape index (κ3) is 3.00. The zero-order valence-electron chi connectivity index (χ0n) is 12.7. The van der Waals surface area contributed by atoms with Crippen molar-refractivity contribution in [2.75, 3.05) is 6.54 Å². The summed E-state index contributed by atoms with van der Waals surface area (Å²) in [6.07, 6.45) is 1.52. The molecule has 1 aromatic carbocycles. The first-order chi connectivity index (χ1) is 11.0. The van der Waals surface area contributed by atoms with Crippen molar-refractivity contribution in [2.24, 2.45) is 0 Å². The molecule has 0 aliphatic carbocycles. The first-order valence-electron chi connectivity index (χ1n) is 7.62. The summed E-state index contributed by atoms with van der Waals surface area (Å²) in [6.45, 7) is -0.356. The Morgan fingerprint density at radius 2 is 2.09 bits per heavy atom. The van der Waals surface area contributed by atoms with Gasteiger partial charge in [0, 0.05) is 13.1 Å². The van der Waals surface area contributed by atoms with E-state index in [1.807, 2.05) is 0 Å². The molecule has 0 saturated carbocycles. The van der Waals surface area contributed by atoms with Crippen molar-refractivity contribution in [1.29, 1.82) is 0 Å². The minimum Gasteiger partial charge on any atom is -0.435 e. The molecule has 0 bridgehead atoms. The van der Waals surface area contributed by atoms with Gasteiger partial charge in [-0.2, -0.15) is 8.78 Å². The predicted octanol–water partition coefficient (Wildman–Crippen LogP) is 2.01. The number of rotatable bonds is 4. The van der Waals surface area contributed by atoms with Crippen LogP contribution in [0.5, 0.6) is 5.75 Å². The zero-order chi connectivity index (χ0) is 16.6. The van der Waals surface area contributed by atoms with Gasteiger partial charge in [0.1, 0.15) is 17.8 Å². The number of hydrogen-bond acceptors (Lipinski definition) is 3. The van der Waals surface area contributed by atoms with Crippen LogP contribution in [0, 0.1) is 0 Å². The van der Waals surface area contributed by atoms with Gasteiger partial charge in [-0.25, -0.2) is 0 Å². The van der Waals surface area contributed by atoms with Crippen LogP contribution in [0.4, 0.5) is 8.78 Å². The van der Waals surface area contributed by atoms with Crippen LogP contribution >= 0.6 is 0 Å². The van der Waals surface area contributed by atoms with Gasteiger partial charge in [0.25, 0.3) is 0 Å². The molecule has 23 heavy (non-hydrogen) atoms. The van der Waals surface area contributed by atoms with Crippen molar-refractivity contribution < 1.29 is 23.1 Å². The van der Waals surface area contributed by atoms with Gasteiger partial charge in [-0.05, 0) is 37.5 Å². The highest BCUT2D eigenvalue weighted by molar-refractivity contribution is 5.97. The number of amides is 2. The molecular weight excluding hydrogens is 306 g/mol. The Labute approximate surface area is 132 Å². The molecule has 2 amide bonds. The smallest absolute Gasteiger partial charge is 0.387 e. The zero-order valence-corrected chi connectivity index (χ0v) is 12.7. The highest BCUT2D eigenvalue weighted by Crippen LogP contribution is 2.28. The van der Waals surface area contributed by atoms with Crippen LogP contribution in [0.3, 0.4) is 0 Å². The van der Waals surface area contributed by atoms with Gasteiger partial charge in [0.05, 0.1) is 0 Å². The maximum absolute atomic E-state index is 12.6. The van der Waals surface area contributed by atoms with Crippen molar-refractivity contribution in [2.45, 2.75) is 45.0 Å². The minimum atomic E-state index is -2.89. The van der Waals surface area contributed by atoms with E-state index in [1.165, 1.54) is 17.0 Å². The Bertz CT molecular complexity index is 623. The number of carbonyl (C=O) groups is 2. The summed E-state index contributed by atoms with van der Waals surface area (Å²) < 4.78 is 29.0. The molecule has 1 aromatic rings. The minimum absolute atomic E-state index is 0.0448. The van der Waals surface area contributed by atoms with Gasteiger partial charge in [-0.3, -0.25) is 9.59 Å². The molecule has 2 aliphatic heterocycles. The number of ether oxygens (including phenoxy) is 1. The van der Waals surface area contributed by atoms with E-state index in [0.717, 1.165) is 6.42 Å². The molecule has 0 unspecified atom stereocenters. The molecule has 2 aliphatic rings. The highest BCUT2D eigenvalue weighted by atomic mass is 19.3. The van der Waals surface area contributed by atoms with Crippen LogP contribution in [0.15, 0.2) is 24.3 Å². The average Bonchev–Trinajstić information content (AvgIpc) is 2.99. The molecule has 3 rings (SSSR count). The van der Waals surface area contributed by atoms with Crippen LogP contribution in [-0.4, -0.2) is 46.9 Å². The second-order valence-corrected chi connectivity index (χ2v) is 5.86. The van der Waals surface area contributed by atoms with Crippen molar-refractivity contribution in [1.82, 2.24) is 9.80 Å². The molecule has 0 aromatic heterocycles. The summed E-state index contributed by atoms with van der Waals surface area (Å²) in [6, 6.07) is 5.30. The second-order valence-electron chi connectivity index (χ2n) is 5.86. The lowest BCUT2D eigenvalue weighted by Gasteiger charge is -2.41. The summed E-state index contributed by atoms with van der Waals surface area (Å²) >= 11 is 0. The van der Waals surface area contributed by atoms with E-state index < -0.39 is 12.7 Å². The summed E-state index contributed by atoms with van der Waals surface area (Å²) in [7, 11) is 0. The van der Waals surface area contributed by atoms with Gasteiger partial charge in [-0.1, -0.05) is 12.1 Å². The topological polar surface area (TPSA) is 49.9 Å². The van der Waals surface area contributed by atoms with E-state index in [1.54, 1.807) is 24.0 Å². The quantitative estimate of drug-likeness (QED) is 0.851. The third-order valence-electron chi connectivity index (χ3n) is 4.41. The van der Waals surface area contributed by atoms with Crippen molar-refractivity contribution in [3.63, 3.8) is 0 Å². The average molecular weight is 324 g/mol. The fraction of sp³-hybridized carbons (Fsp3) is 0.500. The monoisotopic (exact) mass is 324 g/mol. The lowest BCUT2D eigenvalue weighted by atomic mass is 10.0. The third-order valence-corrected chi connectivity index (χ3v) is 4.41. The molecule has 0 spiro atoms. The first-order valence-corrected chi connectivity index (χ1v) is 7.62. The Morgan fingerprint density at radius 1 is 1.30 bits per heavy atom. The van der Waals surface area contributed by atoms with E-state index in [0.29, 0.717) is 18.5 Å². The molecule has 2 saturated heterocycles. The Hall–Kier alpha value is -2.18. The van der Waals surface area contributed by atoms with E-state index in [2.05, 4.69) is 4.74 Å². The molecule has 2 fully saturated rings. The molecule has 2 heterocycles. The SMILES string of the molecule is C[C@H]1C(=O)N2CCC[C@H]2C(=O)N1Cc1cccc(OC(F)F)c1. The van der Waals surface area contributed by atoms with E-state index in [4.69, 9.17) is 0 Å². The number of benzene rings is 1. The first kappa shape index (κ1) is 15.7. The maximum Gasteiger partial charge on any atom is 0.387 e. The summed E-state index contributed by atoms with van der Waals surface area (Å²) in [4.78, 5) is 28.2. The number of halogens is 2. The van der Waals surface area contributed by atoms with Gasteiger partial charge in [0.15, 0.2) is 0 Å². The number of piperazine rings is 1. The van der Waals surface area contributed by atoms with E-state index in [-0.39, 0.29) is 30.2 Å². The van der Waals surface area contributed by atoms with E-state index in [9.17, 15) is 18.4 Å². The summed E-state index contributed by atoms with van der Waals surface area (Å²) in [5.74, 6) is -0.0784. The number of fused-ring (bicyclic) bond motifs is 1. The normalized spacial score (nSPS) is 24.3. The van der Waals surface area contributed by atoms with Crippen molar-refractivity contribution in [3.05, 3.63) is 29.8 Å². The molecule has 7 heteroatoms. The van der Waals surface area contributed by atoms with Gasteiger partial charge in [0.2, 0.25) is 11.8 Å². The number of alkyl halides is 2. The Balaban J connectivity index is 1.78. The fourth-order valence-corrected chi connectivity index (χ4v) is 3.27. The van der Waals surface area contributed by atoms with Crippen LogP contribution in [0.1, 0.15) is 25.3 Å². The van der Waals surface area contributed by atoms with Crippen LogP contribution in [-0.2, 0) is 16.1 Å². The van der Waals surface area contributed by atoms with Crippen LogP contribution in [0.25, 0.3) is 0 Å². The van der Waals surface area contributed by atoms with Gasteiger partial charge in [-0.15, -0.1) is 0 Å². The van der Waals surface area contributed by atoms with Crippen LogP contribution in [0.2, 0.25) is 0 Å². The maximum atomic E-state index is 12.6. The van der Waals surface area contributed by atoms with Gasteiger partial charge >= 0.3 is 6.61 Å². The molecule has 5 nitrogen and oxygen atoms in total. The fourth-order valence-electron chi connectivity index (χ4n) is 3.27. The predicted molar refractivity (Wildman–Crippen MR) is 77.8 cm³/mol. The molecular formula is C16H18F2N2O3. The molecule has 0 N–H and O–H groups in total. The molecule has 0 radical (unpaired) electrons.